The lowest BCUT2D eigenvalue weighted by molar-refractivity contribution is -0.145. The van der Waals surface area contributed by atoms with Crippen LogP contribution in [0.2, 0.25) is 0 Å². The van der Waals surface area contributed by atoms with Crippen molar-refractivity contribution in [2.24, 2.45) is 23.3 Å². The number of aliphatic hydroxyl groups excluding tert-OH is 2. The van der Waals surface area contributed by atoms with Crippen molar-refractivity contribution in [1.29, 1.82) is 5.26 Å². The third-order valence-corrected chi connectivity index (χ3v) is 8.51. The van der Waals surface area contributed by atoms with Crippen LogP contribution in [0.5, 0.6) is 11.5 Å². The monoisotopic (exact) mass is 693 g/mol. The molecule has 14 nitrogen and oxygen atoms in total. The maximum absolute atomic E-state index is 14.2. The van der Waals surface area contributed by atoms with Gasteiger partial charge in [0, 0.05) is 62.9 Å². The van der Waals surface area contributed by atoms with Gasteiger partial charge in [-0.1, -0.05) is 19.1 Å². The van der Waals surface area contributed by atoms with E-state index in [1.165, 1.54) is 20.9 Å². The number of nitriles is 1. The van der Waals surface area contributed by atoms with Crippen LogP contribution >= 0.6 is 0 Å². The van der Waals surface area contributed by atoms with Crippen LogP contribution in [0.3, 0.4) is 0 Å². The third-order valence-electron chi connectivity index (χ3n) is 8.51. The fraction of sp³-hybridized carbons (Fsp3) is 0.500. The van der Waals surface area contributed by atoms with E-state index in [0.29, 0.717) is 33.8 Å². The Balaban J connectivity index is 2.29. The lowest BCUT2D eigenvalue weighted by Gasteiger charge is -2.32. The van der Waals surface area contributed by atoms with E-state index >= 15 is 0 Å². The van der Waals surface area contributed by atoms with E-state index in [2.05, 4.69) is 5.32 Å². The van der Waals surface area contributed by atoms with Gasteiger partial charge in [0.15, 0.2) is 17.3 Å². The molecular formula is C36H47N5O9. The van der Waals surface area contributed by atoms with Gasteiger partial charge in [0.2, 0.25) is 11.8 Å². The standard InChI is InChI=1S/C36H47N5O9/c1-21-15-31(46)34(41(3)36(48)25(20-42)19-30(45)22(2)43)24-7-9-33(50-14-12-39)27(18-24)26-16-23(6-8-32(26)49-13-11-38)17-28(40-35(21)47)29(44)5-4-10-37/h6-9,16,18,21-22,25,28,34,42-43H,4-5,11-15,17,19-20,38-39H2,1-3H3,(H,40,47)/t21-,22?,25+,28+,34+/m1/s1. The summed E-state index contributed by atoms with van der Waals surface area (Å²) < 4.78 is 12.0. The van der Waals surface area contributed by atoms with Gasteiger partial charge in [-0.05, 0) is 48.7 Å². The number of rotatable bonds is 15. The van der Waals surface area contributed by atoms with E-state index in [-0.39, 0.29) is 57.8 Å². The zero-order valence-electron chi connectivity index (χ0n) is 28.7. The van der Waals surface area contributed by atoms with Crippen LogP contribution in [0.1, 0.15) is 56.7 Å². The highest BCUT2D eigenvalue weighted by atomic mass is 16.5. The van der Waals surface area contributed by atoms with Gasteiger partial charge in [-0.2, -0.15) is 5.26 Å². The summed E-state index contributed by atoms with van der Waals surface area (Å²) in [7, 11) is 1.37. The van der Waals surface area contributed by atoms with Crippen molar-refractivity contribution in [3.8, 4) is 28.7 Å². The SMILES string of the molecule is CC(O)C(=O)C[C@@H](CO)C(=O)N(C)[C@@H]1C(=O)C[C@@H](C)C(=O)N[C@H](C(=O)CCC#N)Cc2ccc(OCCN)c(c2)-c2cc1ccc2OCCN. The summed E-state index contributed by atoms with van der Waals surface area (Å²) in [5.74, 6) is -4.19. The first-order chi connectivity index (χ1) is 23.9. The molecule has 5 atom stereocenters. The first-order valence-corrected chi connectivity index (χ1v) is 16.6. The van der Waals surface area contributed by atoms with Gasteiger partial charge in [-0.15, -0.1) is 0 Å². The molecule has 0 spiro atoms. The predicted molar refractivity (Wildman–Crippen MR) is 183 cm³/mol. The number of likely N-dealkylation sites (N-methyl/N-ethyl adjacent to an activating group) is 1. The van der Waals surface area contributed by atoms with Gasteiger partial charge >= 0.3 is 0 Å². The highest BCUT2D eigenvalue weighted by Crippen LogP contribution is 2.40. The Morgan fingerprint density at radius 1 is 1.04 bits per heavy atom. The molecule has 0 aliphatic carbocycles. The summed E-state index contributed by atoms with van der Waals surface area (Å²) in [6.07, 6.45) is -2.18. The molecule has 0 aromatic heterocycles. The van der Waals surface area contributed by atoms with Crippen molar-refractivity contribution in [3.05, 3.63) is 47.5 Å². The van der Waals surface area contributed by atoms with Crippen molar-refractivity contribution < 1.29 is 43.7 Å². The van der Waals surface area contributed by atoms with Crippen LogP contribution in [0.25, 0.3) is 11.1 Å². The summed E-state index contributed by atoms with van der Waals surface area (Å²) in [5.41, 5.74) is 13.5. The van der Waals surface area contributed by atoms with E-state index in [9.17, 15) is 34.2 Å². The molecule has 0 fully saturated rings. The number of ketones is 3. The molecule has 4 bridgehead atoms. The van der Waals surface area contributed by atoms with Gasteiger partial charge in [-0.25, -0.2) is 0 Å². The van der Waals surface area contributed by atoms with E-state index < -0.39 is 66.4 Å². The number of nitrogens with zero attached hydrogens (tertiary/aromatic N) is 2. The number of nitrogens with one attached hydrogen (secondary N) is 1. The minimum absolute atomic E-state index is 0.0370. The Bertz CT molecular complexity index is 1590. The molecule has 1 unspecified atom stereocenters. The minimum atomic E-state index is -1.36. The van der Waals surface area contributed by atoms with Gasteiger partial charge in [0.1, 0.15) is 36.9 Å². The zero-order chi connectivity index (χ0) is 37.0. The van der Waals surface area contributed by atoms with Crippen molar-refractivity contribution in [2.75, 3.05) is 40.0 Å². The largest absolute Gasteiger partial charge is 0.492 e. The molecular weight excluding hydrogens is 646 g/mol. The van der Waals surface area contributed by atoms with Crippen LogP contribution in [0.4, 0.5) is 0 Å². The minimum Gasteiger partial charge on any atom is -0.492 e. The number of carbonyl (C=O) groups excluding carboxylic acids is 5. The molecule has 3 rings (SSSR count). The van der Waals surface area contributed by atoms with Crippen molar-refractivity contribution >= 4 is 29.2 Å². The molecule has 1 aliphatic heterocycles. The number of carbonyl (C=O) groups is 5. The second-order valence-electron chi connectivity index (χ2n) is 12.4. The lowest BCUT2D eigenvalue weighted by atomic mass is 9.88. The molecule has 1 aliphatic rings. The summed E-state index contributed by atoms with van der Waals surface area (Å²) in [6, 6.07) is 9.82. The van der Waals surface area contributed by atoms with Crippen LogP contribution in [-0.2, 0) is 30.4 Å². The first kappa shape index (κ1) is 39.8. The Hall–Kier alpha value is -4.68. The Morgan fingerprint density at radius 2 is 1.66 bits per heavy atom. The Morgan fingerprint density at radius 3 is 2.24 bits per heavy atom. The normalized spacial score (nSPS) is 18.9. The third kappa shape index (κ3) is 10.2. The highest BCUT2D eigenvalue weighted by molar-refractivity contribution is 5.96. The number of hydrogen-bond donors (Lipinski definition) is 5. The Kier molecular flexibility index (Phi) is 15.0. The lowest BCUT2D eigenvalue weighted by Crippen LogP contribution is -2.46. The summed E-state index contributed by atoms with van der Waals surface area (Å²) >= 11 is 0. The zero-order valence-corrected chi connectivity index (χ0v) is 28.7. The van der Waals surface area contributed by atoms with Crippen LogP contribution < -0.4 is 26.3 Å². The van der Waals surface area contributed by atoms with Gasteiger partial charge in [0.05, 0.1) is 24.6 Å². The van der Waals surface area contributed by atoms with Gasteiger partial charge in [-0.3, -0.25) is 24.0 Å². The number of benzene rings is 2. The van der Waals surface area contributed by atoms with Crippen LogP contribution in [-0.4, -0.2) is 96.4 Å². The molecule has 2 aromatic rings. The fourth-order valence-electron chi connectivity index (χ4n) is 5.77. The van der Waals surface area contributed by atoms with E-state index in [0.717, 1.165) is 4.90 Å². The molecule has 14 heteroatoms. The summed E-state index contributed by atoms with van der Waals surface area (Å²) in [5, 5.41) is 31.7. The smallest absolute Gasteiger partial charge is 0.229 e. The average Bonchev–Trinajstić information content (AvgIpc) is 3.10. The van der Waals surface area contributed by atoms with Crippen molar-refractivity contribution in [1.82, 2.24) is 10.2 Å². The molecule has 270 valence electrons. The number of nitrogens with two attached hydrogens (primary N) is 2. The van der Waals surface area contributed by atoms with Crippen LogP contribution in [0.15, 0.2) is 36.4 Å². The summed E-state index contributed by atoms with van der Waals surface area (Å²) in [4.78, 5) is 68.2. The number of aliphatic hydroxyl groups is 2. The van der Waals surface area contributed by atoms with Crippen molar-refractivity contribution in [2.45, 2.75) is 64.1 Å². The molecule has 2 aromatic carbocycles. The topological polar surface area (TPSA) is 235 Å². The molecule has 0 saturated heterocycles. The maximum atomic E-state index is 14.2. The second kappa shape index (κ2) is 18.9. The van der Waals surface area contributed by atoms with E-state index in [1.807, 2.05) is 6.07 Å². The molecule has 0 saturated carbocycles. The fourth-order valence-corrected chi connectivity index (χ4v) is 5.77. The van der Waals surface area contributed by atoms with Crippen LogP contribution in [0, 0.1) is 23.2 Å². The quantitative estimate of drug-likeness (QED) is 0.176. The number of ether oxygens (including phenoxy) is 2. The first-order valence-electron chi connectivity index (χ1n) is 16.6. The molecule has 1 heterocycles. The van der Waals surface area contributed by atoms with Gasteiger partial charge < -0.3 is 41.4 Å². The number of Topliss-reactive ketones (excluding diaryl/α,β-unsaturated/α-hetero) is 3. The van der Waals surface area contributed by atoms with E-state index in [1.54, 1.807) is 36.4 Å². The Labute approximate surface area is 291 Å². The molecule has 7 N–H and O–H groups in total. The highest BCUT2D eigenvalue weighted by Gasteiger charge is 2.36. The summed E-state index contributed by atoms with van der Waals surface area (Å²) in [6.45, 7) is 2.81. The van der Waals surface area contributed by atoms with Gasteiger partial charge in [0.25, 0.3) is 0 Å². The second-order valence-corrected chi connectivity index (χ2v) is 12.4. The van der Waals surface area contributed by atoms with Crippen molar-refractivity contribution in [3.63, 3.8) is 0 Å². The number of hydrogen-bond acceptors (Lipinski definition) is 12. The van der Waals surface area contributed by atoms with E-state index in [4.69, 9.17) is 26.2 Å². The number of fused-ring (bicyclic) bond motifs is 5. The number of amides is 2. The molecule has 50 heavy (non-hydrogen) atoms. The predicted octanol–water partition coefficient (Wildman–Crippen LogP) is 0.986. The molecule has 2 amide bonds. The maximum Gasteiger partial charge on any atom is 0.229 e. The average molecular weight is 694 g/mol. The molecule has 0 radical (unpaired) electrons.